The normalized spacial score (nSPS) is 12.2. The smallest absolute Gasteiger partial charge is 0.161 e. The van der Waals surface area contributed by atoms with Gasteiger partial charge in [-0.05, 0) is 17.7 Å². The molecule has 0 aliphatic heterocycles. The van der Waals surface area contributed by atoms with Crippen molar-refractivity contribution >= 4 is 6.21 Å². The summed E-state index contributed by atoms with van der Waals surface area (Å²) in [5.41, 5.74) is 1.44. The maximum Gasteiger partial charge on any atom is 0.161 e. The van der Waals surface area contributed by atoms with Crippen LogP contribution < -0.4 is 0 Å². The standard InChI is InChI=1S/C15H12N2O/c16-10-14(12-6-2-1-3-7-12)17-11-13-8-4-5-9-15(13)18/h1-9,11,14,18H. The van der Waals surface area contributed by atoms with E-state index in [1.807, 2.05) is 36.4 Å². The number of nitrogens with zero attached hydrogens (tertiary/aromatic N) is 2. The van der Waals surface area contributed by atoms with Crippen molar-refractivity contribution in [1.29, 1.82) is 5.26 Å². The molecule has 0 saturated carbocycles. The Morgan fingerprint density at radius 2 is 1.72 bits per heavy atom. The molecule has 0 bridgehead atoms. The van der Waals surface area contributed by atoms with Crippen LogP contribution in [0.2, 0.25) is 0 Å². The molecule has 0 fully saturated rings. The largest absolute Gasteiger partial charge is 0.507 e. The molecule has 0 amide bonds. The Morgan fingerprint density at radius 1 is 1.06 bits per heavy atom. The van der Waals surface area contributed by atoms with Crippen LogP contribution >= 0.6 is 0 Å². The van der Waals surface area contributed by atoms with E-state index in [4.69, 9.17) is 5.26 Å². The first-order chi connectivity index (χ1) is 8.81. The number of hydrogen-bond acceptors (Lipinski definition) is 3. The van der Waals surface area contributed by atoms with Gasteiger partial charge in [0.15, 0.2) is 6.04 Å². The van der Waals surface area contributed by atoms with Gasteiger partial charge in [-0.2, -0.15) is 5.26 Å². The van der Waals surface area contributed by atoms with Gasteiger partial charge in [0.25, 0.3) is 0 Å². The second kappa shape index (κ2) is 5.65. The van der Waals surface area contributed by atoms with Crippen molar-refractivity contribution in [3.05, 3.63) is 65.7 Å². The van der Waals surface area contributed by atoms with Gasteiger partial charge in [0, 0.05) is 11.8 Å². The molecule has 18 heavy (non-hydrogen) atoms. The molecule has 88 valence electrons. The Balaban J connectivity index is 2.23. The van der Waals surface area contributed by atoms with E-state index in [9.17, 15) is 5.11 Å². The molecule has 2 rings (SSSR count). The first kappa shape index (κ1) is 11.9. The van der Waals surface area contributed by atoms with Crippen molar-refractivity contribution < 1.29 is 5.11 Å². The van der Waals surface area contributed by atoms with E-state index in [-0.39, 0.29) is 5.75 Å². The second-order valence-electron chi connectivity index (χ2n) is 3.78. The van der Waals surface area contributed by atoms with Gasteiger partial charge in [-0.25, -0.2) is 0 Å². The molecular weight excluding hydrogens is 224 g/mol. The van der Waals surface area contributed by atoms with Crippen LogP contribution in [-0.4, -0.2) is 11.3 Å². The van der Waals surface area contributed by atoms with Crippen molar-refractivity contribution in [3.8, 4) is 11.8 Å². The number of aromatic hydroxyl groups is 1. The molecule has 0 spiro atoms. The van der Waals surface area contributed by atoms with Gasteiger partial charge in [-0.15, -0.1) is 0 Å². The Morgan fingerprint density at radius 3 is 2.39 bits per heavy atom. The zero-order valence-corrected chi connectivity index (χ0v) is 9.69. The quantitative estimate of drug-likeness (QED) is 0.832. The highest BCUT2D eigenvalue weighted by atomic mass is 16.3. The number of benzene rings is 2. The van der Waals surface area contributed by atoms with Crippen LogP contribution in [0, 0.1) is 11.3 Å². The molecule has 1 unspecified atom stereocenters. The summed E-state index contributed by atoms with van der Waals surface area (Å²) in [5.74, 6) is 0.158. The zero-order valence-electron chi connectivity index (χ0n) is 9.69. The molecule has 0 aliphatic carbocycles. The lowest BCUT2D eigenvalue weighted by atomic mass is 10.1. The van der Waals surface area contributed by atoms with Gasteiger partial charge >= 0.3 is 0 Å². The van der Waals surface area contributed by atoms with Crippen LogP contribution in [0.1, 0.15) is 17.2 Å². The van der Waals surface area contributed by atoms with Crippen LogP contribution in [0.4, 0.5) is 0 Å². The van der Waals surface area contributed by atoms with Gasteiger partial charge in [0.1, 0.15) is 5.75 Å². The van der Waals surface area contributed by atoms with Crippen molar-refractivity contribution in [2.75, 3.05) is 0 Å². The number of aliphatic imine (C=N–C) groups is 1. The van der Waals surface area contributed by atoms with E-state index in [0.717, 1.165) is 5.56 Å². The lowest BCUT2D eigenvalue weighted by Gasteiger charge is -2.03. The maximum atomic E-state index is 9.59. The maximum absolute atomic E-state index is 9.59. The van der Waals surface area contributed by atoms with Crippen LogP contribution in [0.3, 0.4) is 0 Å². The van der Waals surface area contributed by atoms with Crippen molar-refractivity contribution in [3.63, 3.8) is 0 Å². The second-order valence-corrected chi connectivity index (χ2v) is 3.78. The summed E-state index contributed by atoms with van der Waals surface area (Å²) in [7, 11) is 0. The van der Waals surface area contributed by atoms with Gasteiger partial charge < -0.3 is 5.11 Å². The number of nitriles is 1. The summed E-state index contributed by atoms with van der Waals surface area (Å²) in [4.78, 5) is 4.20. The minimum Gasteiger partial charge on any atom is -0.507 e. The molecule has 2 aromatic carbocycles. The number of phenols is 1. The minimum absolute atomic E-state index is 0.158. The van der Waals surface area contributed by atoms with Crippen LogP contribution in [-0.2, 0) is 0 Å². The van der Waals surface area contributed by atoms with Crippen LogP contribution in [0.25, 0.3) is 0 Å². The first-order valence-electron chi connectivity index (χ1n) is 5.57. The Hall–Kier alpha value is -2.60. The summed E-state index contributed by atoms with van der Waals surface area (Å²) < 4.78 is 0. The topological polar surface area (TPSA) is 56.4 Å². The Bertz CT molecular complexity index is 585. The highest BCUT2D eigenvalue weighted by Crippen LogP contribution is 2.18. The number of hydrogen-bond donors (Lipinski definition) is 1. The molecular formula is C15H12N2O. The SMILES string of the molecule is N#CC(N=Cc1ccccc1O)c1ccccc1. The van der Waals surface area contributed by atoms with E-state index >= 15 is 0 Å². The Kier molecular flexibility index (Phi) is 3.72. The third-order valence-corrected chi connectivity index (χ3v) is 2.54. The van der Waals surface area contributed by atoms with Gasteiger partial charge in [-0.1, -0.05) is 42.5 Å². The fourth-order valence-electron chi connectivity index (χ4n) is 1.58. The zero-order chi connectivity index (χ0) is 12.8. The predicted octanol–water partition coefficient (Wildman–Crippen LogP) is 3.08. The van der Waals surface area contributed by atoms with E-state index in [1.165, 1.54) is 6.21 Å². The molecule has 0 aliphatic rings. The lowest BCUT2D eigenvalue weighted by Crippen LogP contribution is -1.93. The summed E-state index contributed by atoms with van der Waals surface area (Å²) >= 11 is 0. The lowest BCUT2D eigenvalue weighted by molar-refractivity contribution is 0.474. The van der Waals surface area contributed by atoms with E-state index in [0.29, 0.717) is 5.56 Å². The number of para-hydroxylation sites is 1. The highest BCUT2D eigenvalue weighted by Gasteiger charge is 2.06. The molecule has 0 aromatic heterocycles. The fraction of sp³-hybridized carbons (Fsp3) is 0.0667. The van der Waals surface area contributed by atoms with Crippen molar-refractivity contribution in [1.82, 2.24) is 0 Å². The van der Waals surface area contributed by atoms with Crippen LogP contribution in [0.15, 0.2) is 59.6 Å². The van der Waals surface area contributed by atoms with E-state index < -0.39 is 6.04 Å². The molecule has 0 heterocycles. The summed E-state index contributed by atoms with van der Waals surface area (Å²) in [6.07, 6.45) is 1.52. The molecule has 2 aromatic rings. The molecule has 0 saturated heterocycles. The summed E-state index contributed by atoms with van der Waals surface area (Å²) in [5, 5.41) is 18.7. The average Bonchev–Trinajstić information content (AvgIpc) is 2.42. The summed E-state index contributed by atoms with van der Waals surface area (Å²) in [6.45, 7) is 0. The van der Waals surface area contributed by atoms with E-state index in [2.05, 4.69) is 11.1 Å². The number of rotatable bonds is 3. The van der Waals surface area contributed by atoms with Gasteiger partial charge in [0.2, 0.25) is 0 Å². The van der Waals surface area contributed by atoms with Crippen LogP contribution in [0.5, 0.6) is 5.75 Å². The average molecular weight is 236 g/mol. The molecule has 1 N–H and O–H groups in total. The molecule has 1 atom stereocenters. The summed E-state index contributed by atoms with van der Waals surface area (Å²) in [6, 6.07) is 17.8. The van der Waals surface area contributed by atoms with Gasteiger partial charge in [-0.3, -0.25) is 4.99 Å². The monoisotopic (exact) mass is 236 g/mol. The van der Waals surface area contributed by atoms with Gasteiger partial charge in [0.05, 0.1) is 6.07 Å². The van der Waals surface area contributed by atoms with Crippen molar-refractivity contribution in [2.45, 2.75) is 6.04 Å². The third-order valence-electron chi connectivity index (χ3n) is 2.54. The highest BCUT2D eigenvalue weighted by molar-refractivity contribution is 5.83. The Labute approximate surface area is 106 Å². The van der Waals surface area contributed by atoms with E-state index in [1.54, 1.807) is 18.2 Å². The minimum atomic E-state index is -0.550. The predicted molar refractivity (Wildman–Crippen MR) is 70.5 cm³/mol. The number of phenolic OH excluding ortho intramolecular Hbond substituents is 1. The fourth-order valence-corrected chi connectivity index (χ4v) is 1.58. The first-order valence-corrected chi connectivity index (χ1v) is 5.57. The molecule has 3 nitrogen and oxygen atoms in total. The molecule has 3 heteroatoms. The van der Waals surface area contributed by atoms with Crippen molar-refractivity contribution in [2.24, 2.45) is 4.99 Å². The third kappa shape index (κ3) is 2.74. The molecule has 0 radical (unpaired) electrons.